The van der Waals surface area contributed by atoms with Crippen molar-refractivity contribution in [3.63, 3.8) is 0 Å². The molecule has 5 nitrogen and oxygen atoms in total. The summed E-state index contributed by atoms with van der Waals surface area (Å²) >= 11 is 0. The van der Waals surface area contributed by atoms with E-state index >= 15 is 0 Å². The molecule has 0 aliphatic heterocycles. The number of fused-ring (bicyclic) bond motifs is 1. The number of hydrogen-bond acceptors (Lipinski definition) is 4. The van der Waals surface area contributed by atoms with Crippen molar-refractivity contribution in [2.45, 2.75) is 19.6 Å². The van der Waals surface area contributed by atoms with Gasteiger partial charge in [-0.2, -0.15) is 0 Å². The minimum absolute atomic E-state index is 0.586. The number of methoxy groups -OCH3 is 2. The zero-order valence-electron chi connectivity index (χ0n) is 13.5. The van der Waals surface area contributed by atoms with Crippen LogP contribution in [-0.2, 0) is 6.54 Å². The number of rotatable bonds is 5. The van der Waals surface area contributed by atoms with Gasteiger partial charge >= 0.3 is 0 Å². The van der Waals surface area contributed by atoms with Crippen LogP contribution >= 0.6 is 0 Å². The number of aromatic nitrogens is 2. The van der Waals surface area contributed by atoms with E-state index < -0.39 is 6.10 Å². The monoisotopic (exact) mass is 312 g/mol. The van der Waals surface area contributed by atoms with Crippen LogP contribution in [0.4, 0.5) is 0 Å². The molecule has 3 aromatic rings. The second kappa shape index (κ2) is 6.30. The van der Waals surface area contributed by atoms with Gasteiger partial charge in [0.15, 0.2) is 11.5 Å². The van der Waals surface area contributed by atoms with Crippen LogP contribution in [0.1, 0.15) is 24.4 Å². The normalized spacial score (nSPS) is 12.3. The van der Waals surface area contributed by atoms with Crippen LogP contribution in [0.3, 0.4) is 0 Å². The van der Waals surface area contributed by atoms with Gasteiger partial charge in [0.1, 0.15) is 11.9 Å². The molecule has 0 amide bonds. The lowest BCUT2D eigenvalue weighted by molar-refractivity contribution is 0.205. The van der Waals surface area contributed by atoms with E-state index in [2.05, 4.69) is 4.98 Å². The molecule has 3 rings (SSSR count). The van der Waals surface area contributed by atoms with E-state index in [9.17, 15) is 5.11 Å². The van der Waals surface area contributed by atoms with Crippen molar-refractivity contribution in [1.82, 2.24) is 9.55 Å². The molecule has 0 bridgehead atoms. The maximum absolute atomic E-state index is 10.8. The number of aliphatic hydroxyl groups excluding tert-OH is 1. The Kier molecular flexibility index (Phi) is 4.21. The van der Waals surface area contributed by atoms with Gasteiger partial charge in [0.05, 0.1) is 25.3 Å². The Morgan fingerprint density at radius 1 is 1.09 bits per heavy atom. The molecule has 1 aromatic heterocycles. The standard InChI is InChI=1S/C18H20N2O3/c1-4-20-14-8-6-5-7-13(14)19-18(20)17(21)12-9-10-15(22-2)16(11-12)23-3/h5-11,17,21H,4H2,1-3H3/t17-/m1/s1. The van der Waals surface area contributed by atoms with Gasteiger partial charge < -0.3 is 19.1 Å². The molecule has 120 valence electrons. The van der Waals surface area contributed by atoms with Gasteiger partial charge in [-0.05, 0) is 36.8 Å². The van der Waals surface area contributed by atoms with Crippen molar-refractivity contribution in [2.75, 3.05) is 14.2 Å². The molecule has 0 spiro atoms. The molecular weight excluding hydrogens is 292 g/mol. The van der Waals surface area contributed by atoms with Crippen molar-refractivity contribution in [2.24, 2.45) is 0 Å². The van der Waals surface area contributed by atoms with E-state index in [4.69, 9.17) is 9.47 Å². The minimum Gasteiger partial charge on any atom is -0.493 e. The van der Waals surface area contributed by atoms with Crippen LogP contribution in [0.25, 0.3) is 11.0 Å². The Balaban J connectivity index is 2.08. The average Bonchev–Trinajstić information content (AvgIpc) is 2.98. The maximum Gasteiger partial charge on any atom is 0.161 e. The van der Waals surface area contributed by atoms with Gasteiger partial charge in [-0.25, -0.2) is 4.98 Å². The van der Waals surface area contributed by atoms with Crippen LogP contribution in [0.2, 0.25) is 0 Å². The second-order valence-corrected chi connectivity index (χ2v) is 5.22. The fourth-order valence-corrected chi connectivity index (χ4v) is 2.81. The number of para-hydroxylation sites is 2. The second-order valence-electron chi connectivity index (χ2n) is 5.22. The predicted molar refractivity (Wildman–Crippen MR) is 89.0 cm³/mol. The van der Waals surface area contributed by atoms with Gasteiger partial charge in [0, 0.05) is 6.54 Å². The SMILES string of the molecule is CCn1c([C@H](O)c2ccc(OC)c(OC)c2)nc2ccccc21. The summed E-state index contributed by atoms with van der Waals surface area (Å²) in [6, 6.07) is 13.3. The highest BCUT2D eigenvalue weighted by Crippen LogP contribution is 2.32. The Hall–Kier alpha value is -2.53. The summed E-state index contributed by atoms with van der Waals surface area (Å²) in [6.45, 7) is 2.78. The minimum atomic E-state index is -0.831. The molecule has 2 aromatic carbocycles. The summed E-state index contributed by atoms with van der Waals surface area (Å²) < 4.78 is 12.6. The summed E-state index contributed by atoms with van der Waals surface area (Å²) in [5.41, 5.74) is 2.61. The third kappa shape index (κ3) is 2.64. The molecule has 1 N–H and O–H groups in total. The van der Waals surface area contributed by atoms with Crippen molar-refractivity contribution < 1.29 is 14.6 Å². The molecular formula is C18H20N2O3. The molecule has 1 heterocycles. The molecule has 0 saturated carbocycles. The van der Waals surface area contributed by atoms with Gasteiger partial charge in [0.25, 0.3) is 0 Å². The number of aryl methyl sites for hydroxylation is 1. The molecule has 23 heavy (non-hydrogen) atoms. The summed E-state index contributed by atoms with van der Waals surface area (Å²) in [6.07, 6.45) is -0.831. The molecule has 0 aliphatic rings. The molecule has 1 atom stereocenters. The molecule has 0 saturated heterocycles. The highest BCUT2D eigenvalue weighted by molar-refractivity contribution is 5.76. The van der Waals surface area contributed by atoms with Crippen molar-refractivity contribution >= 4 is 11.0 Å². The zero-order chi connectivity index (χ0) is 16.4. The summed E-state index contributed by atoms with van der Waals surface area (Å²) in [5.74, 6) is 1.84. The van der Waals surface area contributed by atoms with E-state index in [1.807, 2.05) is 41.8 Å². The van der Waals surface area contributed by atoms with Crippen LogP contribution in [-0.4, -0.2) is 28.9 Å². The summed E-state index contributed by atoms with van der Waals surface area (Å²) in [7, 11) is 3.17. The molecule has 0 unspecified atom stereocenters. The number of imidazole rings is 1. The third-order valence-electron chi connectivity index (χ3n) is 3.97. The fourth-order valence-electron chi connectivity index (χ4n) is 2.81. The van der Waals surface area contributed by atoms with Crippen LogP contribution in [0, 0.1) is 0 Å². The lowest BCUT2D eigenvalue weighted by Gasteiger charge is -2.15. The van der Waals surface area contributed by atoms with E-state index in [0.717, 1.165) is 17.6 Å². The summed E-state index contributed by atoms with van der Waals surface area (Å²) in [4.78, 5) is 4.60. The van der Waals surface area contributed by atoms with Crippen molar-refractivity contribution in [3.05, 3.63) is 53.9 Å². The first-order valence-electron chi connectivity index (χ1n) is 7.54. The van der Waals surface area contributed by atoms with Crippen molar-refractivity contribution in [3.8, 4) is 11.5 Å². The highest BCUT2D eigenvalue weighted by Gasteiger charge is 2.20. The Labute approximate surface area is 135 Å². The Morgan fingerprint density at radius 2 is 1.83 bits per heavy atom. The van der Waals surface area contributed by atoms with E-state index in [1.165, 1.54) is 0 Å². The first kappa shape index (κ1) is 15.4. The first-order chi connectivity index (χ1) is 11.2. The lowest BCUT2D eigenvalue weighted by Crippen LogP contribution is -2.09. The predicted octanol–water partition coefficient (Wildman–Crippen LogP) is 3.16. The number of hydrogen-bond donors (Lipinski definition) is 1. The van der Waals surface area contributed by atoms with Crippen LogP contribution in [0.15, 0.2) is 42.5 Å². The van der Waals surface area contributed by atoms with Crippen LogP contribution < -0.4 is 9.47 Å². The van der Waals surface area contributed by atoms with Gasteiger partial charge in [0.2, 0.25) is 0 Å². The lowest BCUT2D eigenvalue weighted by atomic mass is 10.1. The number of nitrogens with zero attached hydrogens (tertiary/aromatic N) is 2. The van der Waals surface area contributed by atoms with Crippen LogP contribution in [0.5, 0.6) is 11.5 Å². The van der Waals surface area contributed by atoms with E-state index in [1.54, 1.807) is 26.4 Å². The first-order valence-corrected chi connectivity index (χ1v) is 7.54. The number of benzene rings is 2. The molecule has 5 heteroatoms. The average molecular weight is 312 g/mol. The zero-order valence-corrected chi connectivity index (χ0v) is 13.5. The Morgan fingerprint density at radius 3 is 2.52 bits per heavy atom. The Bertz CT molecular complexity index is 826. The highest BCUT2D eigenvalue weighted by atomic mass is 16.5. The molecule has 0 aliphatic carbocycles. The van der Waals surface area contributed by atoms with Gasteiger partial charge in [-0.3, -0.25) is 0 Å². The number of ether oxygens (including phenoxy) is 2. The van der Waals surface area contributed by atoms with Crippen molar-refractivity contribution in [1.29, 1.82) is 0 Å². The fraction of sp³-hybridized carbons (Fsp3) is 0.278. The quantitative estimate of drug-likeness (QED) is 0.786. The van der Waals surface area contributed by atoms with E-state index in [0.29, 0.717) is 22.9 Å². The topological polar surface area (TPSA) is 56.5 Å². The maximum atomic E-state index is 10.8. The smallest absolute Gasteiger partial charge is 0.161 e. The molecule has 0 fully saturated rings. The van der Waals surface area contributed by atoms with Gasteiger partial charge in [-0.1, -0.05) is 18.2 Å². The number of aliphatic hydroxyl groups is 1. The molecule has 0 radical (unpaired) electrons. The largest absolute Gasteiger partial charge is 0.493 e. The summed E-state index contributed by atoms with van der Waals surface area (Å²) in [5, 5.41) is 10.8. The van der Waals surface area contributed by atoms with E-state index in [-0.39, 0.29) is 0 Å². The third-order valence-corrected chi connectivity index (χ3v) is 3.97. The van der Waals surface area contributed by atoms with Gasteiger partial charge in [-0.15, -0.1) is 0 Å².